The lowest BCUT2D eigenvalue weighted by Crippen LogP contribution is -2.49. The Morgan fingerprint density at radius 3 is 2.41 bits per heavy atom. The molecule has 0 radical (unpaired) electrons. The van der Waals surface area contributed by atoms with Crippen LogP contribution in [0.15, 0.2) is 53.4 Å². The number of hydrogen-bond donors (Lipinski definition) is 0. The molecule has 0 aromatic heterocycles. The van der Waals surface area contributed by atoms with Gasteiger partial charge >= 0.3 is 0 Å². The van der Waals surface area contributed by atoms with Gasteiger partial charge in [0.2, 0.25) is 10.0 Å². The molecule has 0 amide bonds. The molecular weight excluding hydrogens is 360 g/mol. The Balaban J connectivity index is 1.96. The van der Waals surface area contributed by atoms with Gasteiger partial charge in [-0.3, -0.25) is 0 Å². The summed E-state index contributed by atoms with van der Waals surface area (Å²) >= 11 is 0. The molecule has 1 aliphatic heterocycles. The molecule has 27 heavy (non-hydrogen) atoms. The number of piperazine rings is 1. The highest BCUT2D eigenvalue weighted by atomic mass is 32.2. The second-order valence-electron chi connectivity index (χ2n) is 7.40. The van der Waals surface area contributed by atoms with Crippen LogP contribution in [0.1, 0.15) is 31.0 Å². The Kier molecular flexibility index (Phi) is 5.89. The minimum absolute atomic E-state index is 0.0475. The number of rotatable bonds is 5. The third kappa shape index (κ3) is 4.34. The monoisotopic (exact) mass is 388 g/mol. The predicted molar refractivity (Wildman–Crippen MR) is 108 cm³/mol. The van der Waals surface area contributed by atoms with Gasteiger partial charge in [0.05, 0.1) is 17.0 Å². The molecule has 5 nitrogen and oxygen atoms in total. The fourth-order valence-corrected chi connectivity index (χ4v) is 5.12. The average molecular weight is 389 g/mol. The van der Waals surface area contributed by atoms with Crippen LogP contribution in [-0.2, 0) is 10.0 Å². The zero-order chi connectivity index (χ0) is 19.6. The smallest absolute Gasteiger partial charge is 0.243 e. The van der Waals surface area contributed by atoms with E-state index in [-0.39, 0.29) is 12.1 Å². The van der Waals surface area contributed by atoms with Crippen molar-refractivity contribution in [1.29, 1.82) is 0 Å². The number of aryl methyl sites for hydroxylation is 1. The molecule has 0 spiro atoms. The van der Waals surface area contributed by atoms with Crippen LogP contribution in [0.2, 0.25) is 0 Å². The summed E-state index contributed by atoms with van der Waals surface area (Å²) in [6.45, 7) is 7.67. The number of benzene rings is 2. The van der Waals surface area contributed by atoms with Crippen molar-refractivity contribution in [2.45, 2.75) is 37.8 Å². The van der Waals surface area contributed by atoms with Crippen LogP contribution in [-0.4, -0.2) is 50.4 Å². The summed E-state index contributed by atoms with van der Waals surface area (Å²) in [5, 5.41) is 0. The summed E-state index contributed by atoms with van der Waals surface area (Å²) < 4.78 is 34.2. The van der Waals surface area contributed by atoms with Gasteiger partial charge in [-0.2, -0.15) is 4.31 Å². The first-order valence-corrected chi connectivity index (χ1v) is 10.8. The zero-order valence-corrected chi connectivity index (χ0v) is 17.2. The summed E-state index contributed by atoms with van der Waals surface area (Å²) in [6.07, 6.45) is 0.0475. The van der Waals surface area contributed by atoms with Crippen LogP contribution in [0.5, 0.6) is 5.75 Å². The molecule has 1 fully saturated rings. The van der Waals surface area contributed by atoms with Crippen LogP contribution >= 0.6 is 0 Å². The maximum absolute atomic E-state index is 13.4. The highest BCUT2D eigenvalue weighted by Crippen LogP contribution is 2.32. The van der Waals surface area contributed by atoms with E-state index in [0.717, 1.165) is 23.4 Å². The second kappa shape index (κ2) is 8.00. The van der Waals surface area contributed by atoms with Crippen molar-refractivity contribution in [1.82, 2.24) is 9.21 Å². The quantitative estimate of drug-likeness (QED) is 0.787. The molecular formula is C21H28N2O3S. The highest BCUT2D eigenvalue weighted by molar-refractivity contribution is 7.89. The van der Waals surface area contributed by atoms with Crippen molar-refractivity contribution < 1.29 is 13.2 Å². The van der Waals surface area contributed by atoms with Gasteiger partial charge in [-0.15, -0.1) is 0 Å². The maximum atomic E-state index is 13.4. The number of likely N-dealkylation sites (N-methyl/N-ethyl adjacent to an activating group) is 1. The molecule has 0 aliphatic carbocycles. The molecule has 0 N–H and O–H groups in total. The molecule has 0 bridgehead atoms. The van der Waals surface area contributed by atoms with Gasteiger partial charge in [0, 0.05) is 19.6 Å². The molecule has 2 aromatic rings. The normalized spacial score (nSPS) is 19.4. The average Bonchev–Trinajstić information content (AvgIpc) is 2.63. The van der Waals surface area contributed by atoms with Crippen LogP contribution in [0.25, 0.3) is 0 Å². The summed E-state index contributed by atoms with van der Waals surface area (Å²) in [5.74, 6) is 0.724. The summed E-state index contributed by atoms with van der Waals surface area (Å²) in [5.41, 5.74) is 1.85. The van der Waals surface area contributed by atoms with Gasteiger partial charge in [0.15, 0.2) is 0 Å². The summed E-state index contributed by atoms with van der Waals surface area (Å²) in [4.78, 5) is 2.50. The lowest BCUT2D eigenvalue weighted by molar-refractivity contribution is 0.160. The Morgan fingerprint density at radius 1 is 1.07 bits per heavy atom. The van der Waals surface area contributed by atoms with Crippen LogP contribution < -0.4 is 4.74 Å². The van der Waals surface area contributed by atoms with Crippen molar-refractivity contribution in [3.63, 3.8) is 0 Å². The molecule has 1 atom stereocenters. The fourth-order valence-electron chi connectivity index (χ4n) is 3.44. The first kappa shape index (κ1) is 19.9. The van der Waals surface area contributed by atoms with E-state index in [0.29, 0.717) is 18.0 Å². The van der Waals surface area contributed by atoms with Crippen LogP contribution in [0.4, 0.5) is 0 Å². The number of ether oxygens (including phenoxy) is 1. The first-order valence-electron chi connectivity index (χ1n) is 9.31. The van der Waals surface area contributed by atoms with E-state index >= 15 is 0 Å². The molecule has 1 unspecified atom stereocenters. The van der Waals surface area contributed by atoms with E-state index in [1.165, 1.54) is 0 Å². The van der Waals surface area contributed by atoms with E-state index in [1.54, 1.807) is 22.5 Å². The number of hydrogen-bond acceptors (Lipinski definition) is 4. The molecule has 1 saturated heterocycles. The standard InChI is InChI=1S/C21H28N2O3S/c1-16(2)26-21-11-10-19(14-17(21)3)27(24,25)23-13-12-22(4)15-20(23)18-8-6-5-7-9-18/h5-11,14,16,20H,12-13,15H2,1-4H3. The SMILES string of the molecule is Cc1cc(S(=O)(=O)N2CCN(C)CC2c2ccccc2)ccc1OC(C)C. The molecule has 0 saturated carbocycles. The van der Waals surface area contributed by atoms with E-state index in [9.17, 15) is 8.42 Å². The van der Waals surface area contributed by atoms with E-state index in [1.807, 2.05) is 58.2 Å². The van der Waals surface area contributed by atoms with Gasteiger partial charge in [-0.25, -0.2) is 8.42 Å². The fraction of sp³-hybridized carbons (Fsp3) is 0.429. The van der Waals surface area contributed by atoms with Crippen molar-refractivity contribution in [3.05, 3.63) is 59.7 Å². The third-order valence-electron chi connectivity index (χ3n) is 4.83. The number of sulfonamides is 1. The van der Waals surface area contributed by atoms with Gasteiger partial charge in [0.1, 0.15) is 5.75 Å². The van der Waals surface area contributed by atoms with Gasteiger partial charge in [-0.05, 0) is 57.1 Å². The van der Waals surface area contributed by atoms with Gasteiger partial charge < -0.3 is 9.64 Å². The van der Waals surface area contributed by atoms with Crippen molar-refractivity contribution in [2.75, 3.05) is 26.7 Å². The highest BCUT2D eigenvalue weighted by Gasteiger charge is 2.36. The molecule has 1 heterocycles. The Bertz CT molecular complexity index is 882. The molecule has 2 aromatic carbocycles. The van der Waals surface area contributed by atoms with E-state index in [4.69, 9.17) is 4.74 Å². The molecule has 6 heteroatoms. The largest absolute Gasteiger partial charge is 0.491 e. The molecule has 3 rings (SSSR count). The predicted octanol–water partition coefficient (Wildman–Crippen LogP) is 3.46. The zero-order valence-electron chi connectivity index (χ0n) is 16.4. The minimum atomic E-state index is -3.60. The Morgan fingerprint density at radius 2 is 1.78 bits per heavy atom. The molecule has 146 valence electrons. The Hall–Kier alpha value is -1.89. The maximum Gasteiger partial charge on any atom is 0.243 e. The number of nitrogens with zero attached hydrogens (tertiary/aromatic N) is 2. The lowest BCUT2D eigenvalue weighted by Gasteiger charge is -2.39. The van der Waals surface area contributed by atoms with Crippen LogP contribution in [0.3, 0.4) is 0 Å². The third-order valence-corrected chi connectivity index (χ3v) is 6.74. The minimum Gasteiger partial charge on any atom is -0.491 e. The van der Waals surface area contributed by atoms with Gasteiger partial charge in [-0.1, -0.05) is 30.3 Å². The lowest BCUT2D eigenvalue weighted by atomic mass is 10.1. The van der Waals surface area contributed by atoms with Gasteiger partial charge in [0.25, 0.3) is 0 Å². The first-order chi connectivity index (χ1) is 12.8. The summed E-state index contributed by atoms with van der Waals surface area (Å²) in [7, 11) is -1.57. The van der Waals surface area contributed by atoms with Crippen molar-refractivity contribution in [3.8, 4) is 5.75 Å². The van der Waals surface area contributed by atoms with Crippen LogP contribution in [0, 0.1) is 6.92 Å². The molecule has 1 aliphatic rings. The summed E-state index contributed by atoms with van der Waals surface area (Å²) in [6, 6.07) is 14.8. The van der Waals surface area contributed by atoms with E-state index in [2.05, 4.69) is 4.90 Å². The van der Waals surface area contributed by atoms with Crippen molar-refractivity contribution in [2.24, 2.45) is 0 Å². The Labute approximate surface area is 162 Å². The topological polar surface area (TPSA) is 49.9 Å². The second-order valence-corrected chi connectivity index (χ2v) is 9.29. The van der Waals surface area contributed by atoms with E-state index < -0.39 is 10.0 Å². The van der Waals surface area contributed by atoms with Crippen molar-refractivity contribution >= 4 is 10.0 Å².